The van der Waals surface area contributed by atoms with Gasteiger partial charge in [0.25, 0.3) is 5.91 Å². The highest BCUT2D eigenvalue weighted by Crippen LogP contribution is 2.14. The van der Waals surface area contributed by atoms with Gasteiger partial charge in [-0.15, -0.1) is 0 Å². The van der Waals surface area contributed by atoms with Gasteiger partial charge >= 0.3 is 0 Å². The quantitative estimate of drug-likeness (QED) is 0.740. The molecule has 0 fully saturated rings. The van der Waals surface area contributed by atoms with Crippen molar-refractivity contribution >= 4 is 5.91 Å². The molecule has 0 aliphatic heterocycles. The fraction of sp³-hybridized carbons (Fsp3) is 0.333. The first kappa shape index (κ1) is 12.1. The van der Waals surface area contributed by atoms with E-state index >= 15 is 0 Å². The molecule has 0 heterocycles. The predicted octanol–water partition coefficient (Wildman–Crippen LogP) is 1.82. The molecule has 0 saturated carbocycles. The van der Waals surface area contributed by atoms with Crippen molar-refractivity contribution in [1.82, 2.24) is 5.32 Å². The van der Waals surface area contributed by atoms with Crippen LogP contribution in [0.25, 0.3) is 0 Å². The second-order valence-corrected chi connectivity index (χ2v) is 3.39. The molecule has 1 rings (SSSR count). The molecule has 1 amide bonds. The van der Waals surface area contributed by atoms with E-state index < -0.39 is 0 Å². The number of unbranched alkanes of at least 4 members (excludes halogenated alkanes) is 2. The number of phenols is 1. The lowest BCUT2D eigenvalue weighted by Gasteiger charge is -2.05. The molecule has 16 heavy (non-hydrogen) atoms. The SMILES string of the molecule is N#CCCCCNC(=O)c1ccccc1O. The summed E-state index contributed by atoms with van der Waals surface area (Å²) < 4.78 is 0. The van der Waals surface area contributed by atoms with Gasteiger partial charge in [-0.25, -0.2) is 0 Å². The summed E-state index contributed by atoms with van der Waals surface area (Å²) in [4.78, 5) is 11.6. The number of aromatic hydroxyl groups is 1. The van der Waals surface area contributed by atoms with Crippen molar-refractivity contribution in [2.24, 2.45) is 0 Å². The molecule has 0 spiro atoms. The molecule has 0 aromatic heterocycles. The van der Waals surface area contributed by atoms with Gasteiger partial charge in [-0.3, -0.25) is 4.79 Å². The van der Waals surface area contributed by atoms with Gasteiger partial charge in [0.2, 0.25) is 0 Å². The summed E-state index contributed by atoms with van der Waals surface area (Å²) in [5.41, 5.74) is 0.280. The third-order valence-corrected chi connectivity index (χ3v) is 2.15. The van der Waals surface area contributed by atoms with E-state index in [4.69, 9.17) is 5.26 Å². The average molecular weight is 218 g/mol. The van der Waals surface area contributed by atoms with E-state index in [0.717, 1.165) is 12.8 Å². The second-order valence-electron chi connectivity index (χ2n) is 3.39. The molecule has 4 heteroatoms. The number of nitriles is 1. The van der Waals surface area contributed by atoms with Crippen molar-refractivity contribution in [1.29, 1.82) is 5.26 Å². The highest BCUT2D eigenvalue weighted by Gasteiger charge is 2.08. The lowest BCUT2D eigenvalue weighted by molar-refractivity contribution is 0.0950. The summed E-state index contributed by atoms with van der Waals surface area (Å²) in [6.07, 6.45) is 2.05. The first-order valence-corrected chi connectivity index (χ1v) is 5.19. The van der Waals surface area contributed by atoms with Crippen LogP contribution in [0.3, 0.4) is 0 Å². The lowest BCUT2D eigenvalue weighted by atomic mass is 10.2. The molecule has 0 radical (unpaired) electrons. The average Bonchev–Trinajstić information content (AvgIpc) is 2.29. The van der Waals surface area contributed by atoms with E-state index in [-0.39, 0.29) is 17.2 Å². The maximum absolute atomic E-state index is 11.6. The van der Waals surface area contributed by atoms with Crippen molar-refractivity contribution < 1.29 is 9.90 Å². The van der Waals surface area contributed by atoms with Crippen LogP contribution in [0.4, 0.5) is 0 Å². The standard InChI is InChI=1S/C12H14N2O2/c13-8-4-1-5-9-14-12(16)10-6-2-3-7-11(10)15/h2-3,6-7,15H,1,4-5,9H2,(H,14,16). The van der Waals surface area contributed by atoms with Crippen LogP contribution in [0.2, 0.25) is 0 Å². The molecule has 0 aliphatic rings. The Labute approximate surface area is 94.5 Å². The van der Waals surface area contributed by atoms with Crippen molar-refractivity contribution in [2.45, 2.75) is 19.3 Å². The first-order valence-electron chi connectivity index (χ1n) is 5.19. The van der Waals surface area contributed by atoms with Crippen molar-refractivity contribution in [2.75, 3.05) is 6.54 Å². The number of rotatable bonds is 5. The van der Waals surface area contributed by atoms with Gasteiger partial charge in [-0.1, -0.05) is 12.1 Å². The zero-order valence-electron chi connectivity index (χ0n) is 8.94. The molecule has 84 valence electrons. The summed E-state index contributed by atoms with van der Waals surface area (Å²) >= 11 is 0. The van der Waals surface area contributed by atoms with Crippen LogP contribution >= 0.6 is 0 Å². The van der Waals surface area contributed by atoms with Crippen LogP contribution in [-0.4, -0.2) is 17.6 Å². The van der Waals surface area contributed by atoms with Gasteiger partial charge in [-0.2, -0.15) is 5.26 Å². The topological polar surface area (TPSA) is 73.1 Å². The zero-order valence-corrected chi connectivity index (χ0v) is 8.94. The number of phenolic OH excluding ortho intramolecular Hbond substituents is 1. The van der Waals surface area contributed by atoms with E-state index in [9.17, 15) is 9.90 Å². The molecule has 0 saturated heterocycles. The monoisotopic (exact) mass is 218 g/mol. The molecule has 0 bridgehead atoms. The zero-order chi connectivity index (χ0) is 11.8. The van der Waals surface area contributed by atoms with E-state index in [1.165, 1.54) is 6.07 Å². The Balaban J connectivity index is 2.36. The fourth-order valence-corrected chi connectivity index (χ4v) is 1.29. The largest absolute Gasteiger partial charge is 0.507 e. The Bertz CT molecular complexity index is 396. The first-order chi connectivity index (χ1) is 7.75. The minimum absolute atomic E-state index is 0.0166. The van der Waals surface area contributed by atoms with Crippen LogP contribution in [0.15, 0.2) is 24.3 Å². The van der Waals surface area contributed by atoms with Crippen molar-refractivity contribution in [3.05, 3.63) is 29.8 Å². The van der Waals surface area contributed by atoms with Crippen molar-refractivity contribution in [3.63, 3.8) is 0 Å². The van der Waals surface area contributed by atoms with E-state index in [1.54, 1.807) is 18.2 Å². The molecule has 4 nitrogen and oxygen atoms in total. The number of amides is 1. The van der Waals surface area contributed by atoms with E-state index in [2.05, 4.69) is 5.32 Å². The van der Waals surface area contributed by atoms with Crippen LogP contribution < -0.4 is 5.32 Å². The lowest BCUT2D eigenvalue weighted by Crippen LogP contribution is -2.24. The molecule has 0 unspecified atom stereocenters. The Kier molecular flexibility index (Phi) is 4.87. The summed E-state index contributed by atoms with van der Waals surface area (Å²) in [6, 6.07) is 8.45. The summed E-state index contributed by atoms with van der Waals surface area (Å²) in [5.74, 6) is -0.299. The van der Waals surface area contributed by atoms with Gasteiger partial charge < -0.3 is 10.4 Å². The highest BCUT2D eigenvalue weighted by atomic mass is 16.3. The van der Waals surface area contributed by atoms with Gasteiger partial charge in [-0.05, 0) is 25.0 Å². The normalized spacial score (nSPS) is 9.44. The maximum Gasteiger partial charge on any atom is 0.255 e. The molecular weight excluding hydrogens is 204 g/mol. The second kappa shape index (κ2) is 6.46. The van der Waals surface area contributed by atoms with Gasteiger partial charge in [0.15, 0.2) is 0 Å². The smallest absolute Gasteiger partial charge is 0.255 e. The number of nitrogens with one attached hydrogen (secondary N) is 1. The van der Waals surface area contributed by atoms with Crippen LogP contribution in [-0.2, 0) is 0 Å². The maximum atomic E-state index is 11.6. The fourth-order valence-electron chi connectivity index (χ4n) is 1.29. The number of carbonyl (C=O) groups is 1. The highest BCUT2D eigenvalue weighted by molar-refractivity contribution is 5.96. The molecule has 1 aromatic rings. The molecule has 2 N–H and O–H groups in total. The van der Waals surface area contributed by atoms with Crippen LogP contribution in [0, 0.1) is 11.3 Å². The third-order valence-electron chi connectivity index (χ3n) is 2.15. The minimum Gasteiger partial charge on any atom is -0.507 e. The number of nitrogens with zero attached hydrogens (tertiary/aromatic N) is 1. The third kappa shape index (κ3) is 3.62. The number of carbonyl (C=O) groups excluding carboxylic acids is 1. The number of hydrogen-bond donors (Lipinski definition) is 2. The number of hydrogen-bond acceptors (Lipinski definition) is 3. The van der Waals surface area contributed by atoms with Gasteiger partial charge in [0, 0.05) is 13.0 Å². The molecule has 0 aliphatic carbocycles. The Morgan fingerprint density at radius 1 is 1.38 bits per heavy atom. The molecule has 0 atom stereocenters. The van der Waals surface area contributed by atoms with Crippen LogP contribution in [0.1, 0.15) is 29.6 Å². The Morgan fingerprint density at radius 3 is 2.81 bits per heavy atom. The molecule has 1 aromatic carbocycles. The van der Waals surface area contributed by atoms with E-state index in [1.807, 2.05) is 6.07 Å². The van der Waals surface area contributed by atoms with Crippen molar-refractivity contribution in [3.8, 4) is 11.8 Å². The Hall–Kier alpha value is -2.02. The van der Waals surface area contributed by atoms with Crippen LogP contribution in [0.5, 0.6) is 5.75 Å². The van der Waals surface area contributed by atoms with Gasteiger partial charge in [0.05, 0.1) is 11.6 Å². The number of benzene rings is 1. The van der Waals surface area contributed by atoms with E-state index in [0.29, 0.717) is 13.0 Å². The number of para-hydroxylation sites is 1. The summed E-state index contributed by atoms with van der Waals surface area (Å²) in [7, 11) is 0. The summed E-state index contributed by atoms with van der Waals surface area (Å²) in [6.45, 7) is 0.523. The summed E-state index contributed by atoms with van der Waals surface area (Å²) in [5, 5.41) is 20.4. The van der Waals surface area contributed by atoms with Gasteiger partial charge in [0.1, 0.15) is 5.75 Å². The Morgan fingerprint density at radius 2 is 2.12 bits per heavy atom. The predicted molar refractivity (Wildman–Crippen MR) is 59.9 cm³/mol. The minimum atomic E-state index is -0.282. The molecular formula is C12H14N2O2.